The first-order valence-electron chi connectivity index (χ1n) is 7.23. The van der Waals surface area contributed by atoms with E-state index >= 15 is 0 Å². The molecule has 0 aliphatic heterocycles. The Kier molecular flexibility index (Phi) is 4.10. The third-order valence-corrected chi connectivity index (χ3v) is 3.91. The van der Waals surface area contributed by atoms with Gasteiger partial charge >= 0.3 is 0 Å². The van der Waals surface area contributed by atoms with Gasteiger partial charge in [-0.05, 0) is 12.8 Å². The summed E-state index contributed by atoms with van der Waals surface area (Å²) in [6.07, 6.45) is 6.95. The van der Waals surface area contributed by atoms with Crippen molar-refractivity contribution in [3.63, 3.8) is 0 Å². The lowest BCUT2D eigenvalue weighted by molar-refractivity contribution is 0.326. The molecule has 0 aromatic carbocycles. The highest BCUT2D eigenvalue weighted by atomic mass is 16.5. The minimum atomic E-state index is 0.0840. The Labute approximate surface area is 122 Å². The van der Waals surface area contributed by atoms with E-state index in [1.54, 1.807) is 13.2 Å². The second kappa shape index (κ2) is 6.17. The van der Waals surface area contributed by atoms with Crippen LogP contribution in [0.2, 0.25) is 0 Å². The van der Waals surface area contributed by atoms with Crippen LogP contribution in [0.15, 0.2) is 16.9 Å². The van der Waals surface area contributed by atoms with Crippen LogP contribution in [0, 0.1) is 0 Å². The highest BCUT2D eigenvalue weighted by Gasteiger charge is 2.27. The molecule has 0 amide bonds. The molecule has 0 saturated heterocycles. The molecule has 0 bridgehead atoms. The second-order valence-corrected chi connectivity index (χ2v) is 5.31. The molecule has 2 aromatic heterocycles. The molecular weight excluding hydrogens is 270 g/mol. The van der Waals surface area contributed by atoms with E-state index in [0.29, 0.717) is 23.3 Å². The Morgan fingerprint density at radius 1 is 1.24 bits per heavy atom. The number of hydrogen-bond acceptors (Lipinski definition) is 7. The van der Waals surface area contributed by atoms with Crippen LogP contribution < -0.4 is 10.5 Å². The number of rotatable bonds is 3. The fourth-order valence-corrected chi connectivity index (χ4v) is 2.71. The zero-order valence-electron chi connectivity index (χ0n) is 12.0. The molecule has 1 fully saturated rings. The topological polar surface area (TPSA) is 100.0 Å². The van der Waals surface area contributed by atoms with E-state index in [4.69, 9.17) is 15.0 Å². The molecule has 2 aromatic rings. The van der Waals surface area contributed by atoms with Crippen molar-refractivity contribution in [2.24, 2.45) is 5.73 Å². The molecule has 2 unspecified atom stereocenters. The highest BCUT2D eigenvalue weighted by Crippen LogP contribution is 2.31. The van der Waals surface area contributed by atoms with Crippen molar-refractivity contribution in [2.75, 3.05) is 7.11 Å². The molecule has 2 atom stereocenters. The molecule has 2 N–H and O–H groups in total. The maximum absolute atomic E-state index is 6.23. The normalized spacial score (nSPS) is 22.8. The third-order valence-electron chi connectivity index (χ3n) is 3.91. The van der Waals surface area contributed by atoms with Crippen molar-refractivity contribution in [2.45, 2.75) is 44.1 Å². The minimum absolute atomic E-state index is 0.0840. The predicted molar refractivity (Wildman–Crippen MR) is 75.7 cm³/mol. The first-order chi connectivity index (χ1) is 10.3. The van der Waals surface area contributed by atoms with Gasteiger partial charge in [0.1, 0.15) is 12.0 Å². The summed E-state index contributed by atoms with van der Waals surface area (Å²) in [5, 5.41) is 4.01. The average Bonchev–Trinajstić information content (AvgIpc) is 2.90. The van der Waals surface area contributed by atoms with Crippen LogP contribution in [-0.2, 0) is 0 Å². The Hall–Kier alpha value is -2.02. The maximum atomic E-state index is 6.23. The summed E-state index contributed by atoms with van der Waals surface area (Å²) < 4.78 is 10.5. The zero-order valence-corrected chi connectivity index (χ0v) is 12.0. The van der Waals surface area contributed by atoms with Crippen molar-refractivity contribution in [1.82, 2.24) is 20.1 Å². The van der Waals surface area contributed by atoms with Crippen LogP contribution in [0.25, 0.3) is 11.5 Å². The first kappa shape index (κ1) is 13.9. The maximum Gasteiger partial charge on any atom is 0.231 e. The molecule has 21 heavy (non-hydrogen) atoms. The molecule has 7 heteroatoms. The van der Waals surface area contributed by atoms with Crippen LogP contribution in [-0.4, -0.2) is 33.3 Å². The van der Waals surface area contributed by atoms with E-state index in [-0.39, 0.29) is 12.0 Å². The SMILES string of the molecule is COc1cc(-c2noc(C3CCCCCC3N)n2)ncn1. The summed E-state index contributed by atoms with van der Waals surface area (Å²) in [7, 11) is 1.55. The minimum Gasteiger partial charge on any atom is -0.481 e. The molecule has 0 spiro atoms. The van der Waals surface area contributed by atoms with Crippen LogP contribution >= 0.6 is 0 Å². The number of methoxy groups -OCH3 is 1. The van der Waals surface area contributed by atoms with Gasteiger partial charge < -0.3 is 15.0 Å². The summed E-state index contributed by atoms with van der Waals surface area (Å²) in [5.41, 5.74) is 6.81. The van der Waals surface area contributed by atoms with E-state index in [0.717, 1.165) is 19.3 Å². The molecule has 3 rings (SSSR count). The van der Waals surface area contributed by atoms with Gasteiger partial charge in [0.25, 0.3) is 0 Å². The van der Waals surface area contributed by atoms with E-state index in [9.17, 15) is 0 Å². The summed E-state index contributed by atoms with van der Waals surface area (Å²) in [5.74, 6) is 1.66. The summed E-state index contributed by atoms with van der Waals surface area (Å²) in [4.78, 5) is 12.6. The average molecular weight is 289 g/mol. The Balaban J connectivity index is 1.85. The van der Waals surface area contributed by atoms with Gasteiger partial charge in [-0.25, -0.2) is 9.97 Å². The number of nitrogens with zero attached hydrogens (tertiary/aromatic N) is 4. The van der Waals surface area contributed by atoms with Gasteiger partial charge in [-0.1, -0.05) is 24.4 Å². The van der Waals surface area contributed by atoms with Gasteiger partial charge in [0.2, 0.25) is 17.6 Å². The van der Waals surface area contributed by atoms with Gasteiger partial charge in [0.15, 0.2) is 0 Å². The Bertz CT molecular complexity index is 601. The molecule has 2 heterocycles. The van der Waals surface area contributed by atoms with E-state index < -0.39 is 0 Å². The molecule has 7 nitrogen and oxygen atoms in total. The van der Waals surface area contributed by atoms with Crippen LogP contribution in [0.3, 0.4) is 0 Å². The van der Waals surface area contributed by atoms with Crippen molar-refractivity contribution < 1.29 is 9.26 Å². The quantitative estimate of drug-likeness (QED) is 0.861. The largest absolute Gasteiger partial charge is 0.481 e. The first-order valence-corrected chi connectivity index (χ1v) is 7.23. The Morgan fingerprint density at radius 2 is 2.10 bits per heavy atom. The van der Waals surface area contributed by atoms with Gasteiger partial charge in [0.05, 0.1) is 13.0 Å². The summed E-state index contributed by atoms with van der Waals surface area (Å²) >= 11 is 0. The lowest BCUT2D eigenvalue weighted by Crippen LogP contribution is -2.27. The molecule has 112 valence electrons. The lowest BCUT2D eigenvalue weighted by Gasteiger charge is -2.16. The molecular formula is C14H19N5O2. The van der Waals surface area contributed by atoms with Crippen LogP contribution in [0.1, 0.15) is 43.9 Å². The smallest absolute Gasteiger partial charge is 0.231 e. The zero-order chi connectivity index (χ0) is 14.7. The summed E-state index contributed by atoms with van der Waals surface area (Å²) in [6.45, 7) is 0. The van der Waals surface area contributed by atoms with E-state index in [1.807, 2.05) is 0 Å². The fourth-order valence-electron chi connectivity index (χ4n) is 2.71. The van der Waals surface area contributed by atoms with Gasteiger partial charge in [-0.2, -0.15) is 4.98 Å². The standard InChI is InChI=1S/C14H19N5O2/c1-20-12-7-11(16-8-17-12)13-18-14(21-19-13)9-5-3-2-4-6-10(9)15/h7-10H,2-6,15H2,1H3. The van der Waals surface area contributed by atoms with Crippen molar-refractivity contribution in [3.8, 4) is 17.4 Å². The second-order valence-electron chi connectivity index (χ2n) is 5.31. The van der Waals surface area contributed by atoms with Crippen LogP contribution in [0.5, 0.6) is 5.88 Å². The Morgan fingerprint density at radius 3 is 2.95 bits per heavy atom. The van der Waals surface area contributed by atoms with Gasteiger partial charge in [-0.3, -0.25) is 0 Å². The number of ether oxygens (including phenoxy) is 1. The number of hydrogen-bond donors (Lipinski definition) is 1. The molecule has 1 aliphatic rings. The third kappa shape index (κ3) is 3.02. The highest BCUT2D eigenvalue weighted by molar-refractivity contribution is 5.49. The fraction of sp³-hybridized carbons (Fsp3) is 0.571. The van der Waals surface area contributed by atoms with Crippen molar-refractivity contribution in [1.29, 1.82) is 0 Å². The van der Waals surface area contributed by atoms with Crippen molar-refractivity contribution >= 4 is 0 Å². The molecule has 1 aliphatic carbocycles. The monoisotopic (exact) mass is 289 g/mol. The predicted octanol–water partition coefficient (Wildman–Crippen LogP) is 1.91. The van der Waals surface area contributed by atoms with Gasteiger partial charge in [-0.15, -0.1) is 0 Å². The number of nitrogens with two attached hydrogens (primary N) is 1. The van der Waals surface area contributed by atoms with Crippen molar-refractivity contribution in [3.05, 3.63) is 18.3 Å². The van der Waals surface area contributed by atoms with Gasteiger partial charge in [0, 0.05) is 12.1 Å². The number of aromatic nitrogens is 4. The molecule has 0 radical (unpaired) electrons. The van der Waals surface area contributed by atoms with Crippen LogP contribution in [0.4, 0.5) is 0 Å². The van der Waals surface area contributed by atoms with E-state index in [2.05, 4.69) is 20.1 Å². The lowest BCUT2D eigenvalue weighted by atomic mass is 9.95. The summed E-state index contributed by atoms with van der Waals surface area (Å²) in [6, 6.07) is 1.77. The molecule has 1 saturated carbocycles. The van der Waals surface area contributed by atoms with E-state index in [1.165, 1.54) is 19.2 Å².